The maximum Gasteiger partial charge on any atom is 0.289 e. The molecule has 2 aromatic heterocycles. The van der Waals surface area contributed by atoms with Crippen molar-refractivity contribution in [2.45, 2.75) is 27.7 Å². The average molecular weight is 439 g/mol. The number of benzene rings is 2. The first-order chi connectivity index (χ1) is 14.5. The number of hydrogen-bond donors (Lipinski definition) is 0. The van der Waals surface area contributed by atoms with Gasteiger partial charge in [-0.15, -0.1) is 11.3 Å². The zero-order valence-corrected chi connectivity index (χ0v) is 19.4. The smallest absolute Gasteiger partial charge is 0.289 e. The molecular formula is C23H26N4OS2. The lowest BCUT2D eigenvalue weighted by Crippen LogP contribution is -2.38. The third-order valence-corrected chi connectivity index (χ3v) is 7.63. The lowest BCUT2D eigenvalue weighted by molar-refractivity contribution is 0.0983. The van der Waals surface area contributed by atoms with Gasteiger partial charge in [-0.25, -0.2) is 9.97 Å². The highest BCUT2D eigenvalue weighted by Gasteiger charge is 2.25. The summed E-state index contributed by atoms with van der Waals surface area (Å²) in [5.74, 6) is -0.0724. The van der Waals surface area contributed by atoms with Crippen LogP contribution < -0.4 is 4.90 Å². The van der Waals surface area contributed by atoms with Crippen LogP contribution in [0.15, 0.2) is 36.4 Å². The molecule has 0 atom stereocenters. The van der Waals surface area contributed by atoms with E-state index >= 15 is 0 Å². The van der Waals surface area contributed by atoms with Crippen LogP contribution in [0.4, 0.5) is 5.13 Å². The van der Waals surface area contributed by atoms with Crippen LogP contribution in [0.1, 0.15) is 34.8 Å². The molecule has 4 rings (SSSR count). The average Bonchev–Trinajstić information content (AvgIpc) is 3.38. The van der Waals surface area contributed by atoms with Gasteiger partial charge in [0.2, 0.25) is 0 Å². The predicted octanol–water partition coefficient (Wildman–Crippen LogP) is 5.51. The number of likely N-dealkylation sites (N-methyl/N-ethyl adjacent to an activating group) is 1. The van der Waals surface area contributed by atoms with Gasteiger partial charge in [0.1, 0.15) is 0 Å². The molecule has 2 heterocycles. The number of nitrogens with zero attached hydrogens (tertiary/aromatic N) is 4. The Morgan fingerprint density at radius 3 is 2.43 bits per heavy atom. The van der Waals surface area contributed by atoms with Crippen molar-refractivity contribution in [1.29, 1.82) is 0 Å². The predicted molar refractivity (Wildman–Crippen MR) is 128 cm³/mol. The molecule has 1 amide bonds. The van der Waals surface area contributed by atoms with E-state index in [1.807, 2.05) is 29.2 Å². The Kier molecular flexibility index (Phi) is 6.13. The maximum atomic E-state index is 13.6. The minimum absolute atomic E-state index is 0.0724. The third kappa shape index (κ3) is 3.97. The summed E-state index contributed by atoms with van der Waals surface area (Å²) in [5, 5.41) is 1.26. The van der Waals surface area contributed by atoms with Gasteiger partial charge < -0.3 is 4.90 Å². The van der Waals surface area contributed by atoms with Gasteiger partial charge in [0, 0.05) is 13.1 Å². The number of carbonyl (C=O) groups excluding carboxylic acids is 1. The van der Waals surface area contributed by atoms with Crippen LogP contribution in [0, 0.1) is 13.8 Å². The SMILES string of the molecule is CCN(CC)CCN(C(=O)c1nc2ccccc2s1)c1nc2c(C)c(C)ccc2s1. The Morgan fingerprint density at radius 2 is 1.70 bits per heavy atom. The van der Waals surface area contributed by atoms with E-state index in [9.17, 15) is 4.79 Å². The van der Waals surface area contributed by atoms with Gasteiger partial charge >= 0.3 is 0 Å². The summed E-state index contributed by atoms with van der Waals surface area (Å²) in [7, 11) is 0. The van der Waals surface area contributed by atoms with Gasteiger partial charge in [-0.1, -0.05) is 43.4 Å². The zero-order valence-electron chi connectivity index (χ0n) is 17.8. The molecule has 0 unspecified atom stereocenters. The number of aromatic nitrogens is 2. The van der Waals surface area contributed by atoms with Crippen molar-refractivity contribution in [3.05, 3.63) is 52.5 Å². The van der Waals surface area contributed by atoms with Gasteiger partial charge in [-0.05, 0) is 56.3 Å². The highest BCUT2D eigenvalue weighted by Crippen LogP contribution is 2.33. The largest absolute Gasteiger partial charge is 0.302 e. The van der Waals surface area contributed by atoms with Crippen molar-refractivity contribution in [2.75, 3.05) is 31.1 Å². The minimum atomic E-state index is -0.0724. The number of rotatable bonds is 7. The number of fused-ring (bicyclic) bond motifs is 2. The highest BCUT2D eigenvalue weighted by molar-refractivity contribution is 7.23. The first-order valence-corrected chi connectivity index (χ1v) is 11.9. The Labute approximate surface area is 185 Å². The van der Waals surface area contributed by atoms with Crippen LogP contribution in [0.3, 0.4) is 0 Å². The number of hydrogen-bond acceptors (Lipinski definition) is 6. The summed E-state index contributed by atoms with van der Waals surface area (Å²) in [6.07, 6.45) is 0. The van der Waals surface area contributed by atoms with Gasteiger partial charge in [-0.2, -0.15) is 0 Å². The molecule has 4 aromatic rings. The summed E-state index contributed by atoms with van der Waals surface area (Å²) < 4.78 is 2.14. The molecule has 0 spiro atoms. The van der Waals surface area contributed by atoms with Crippen LogP contribution in [0.2, 0.25) is 0 Å². The summed E-state index contributed by atoms with van der Waals surface area (Å²) in [4.78, 5) is 27.2. The van der Waals surface area contributed by atoms with E-state index in [0.29, 0.717) is 11.6 Å². The van der Waals surface area contributed by atoms with Crippen molar-refractivity contribution in [3.63, 3.8) is 0 Å². The summed E-state index contributed by atoms with van der Waals surface area (Å²) in [6, 6.07) is 12.1. The second-order valence-electron chi connectivity index (χ2n) is 7.32. The Bertz CT molecular complexity index is 1160. The van der Waals surface area contributed by atoms with Gasteiger partial charge in [0.25, 0.3) is 5.91 Å². The normalized spacial score (nSPS) is 11.6. The Balaban J connectivity index is 1.73. The number of thiazole rings is 2. The molecule has 0 aliphatic carbocycles. The first kappa shape index (κ1) is 20.9. The fourth-order valence-corrected chi connectivity index (χ4v) is 5.44. The van der Waals surface area contributed by atoms with E-state index < -0.39 is 0 Å². The topological polar surface area (TPSA) is 49.3 Å². The fourth-order valence-electron chi connectivity index (χ4n) is 3.47. The second kappa shape index (κ2) is 8.79. The van der Waals surface area contributed by atoms with Crippen molar-refractivity contribution < 1.29 is 4.79 Å². The summed E-state index contributed by atoms with van der Waals surface area (Å²) in [5.41, 5.74) is 4.24. The molecule has 0 fully saturated rings. The van der Waals surface area contributed by atoms with Crippen LogP contribution in [0.5, 0.6) is 0 Å². The third-order valence-electron chi connectivity index (χ3n) is 5.56. The molecule has 7 heteroatoms. The van der Waals surface area contributed by atoms with E-state index in [0.717, 1.165) is 45.2 Å². The molecule has 30 heavy (non-hydrogen) atoms. The maximum absolute atomic E-state index is 13.6. The first-order valence-electron chi connectivity index (χ1n) is 10.3. The Morgan fingerprint density at radius 1 is 0.933 bits per heavy atom. The van der Waals surface area contributed by atoms with E-state index in [1.165, 1.54) is 22.5 Å². The second-order valence-corrected chi connectivity index (χ2v) is 9.36. The molecule has 0 saturated heterocycles. The Hall–Kier alpha value is -2.35. The van der Waals surface area contributed by atoms with Gasteiger partial charge in [0.15, 0.2) is 10.1 Å². The number of aryl methyl sites for hydroxylation is 2. The molecule has 0 radical (unpaired) electrons. The van der Waals surface area contributed by atoms with E-state index in [-0.39, 0.29) is 5.91 Å². The van der Waals surface area contributed by atoms with Crippen molar-refractivity contribution >= 4 is 54.1 Å². The van der Waals surface area contributed by atoms with Crippen LogP contribution in [-0.4, -0.2) is 47.0 Å². The molecule has 0 aliphatic rings. The number of carbonyl (C=O) groups is 1. The van der Waals surface area contributed by atoms with E-state index in [2.05, 4.69) is 49.7 Å². The van der Waals surface area contributed by atoms with Crippen LogP contribution in [-0.2, 0) is 0 Å². The summed E-state index contributed by atoms with van der Waals surface area (Å²) >= 11 is 3.02. The minimum Gasteiger partial charge on any atom is -0.302 e. The summed E-state index contributed by atoms with van der Waals surface area (Å²) in [6.45, 7) is 11.8. The van der Waals surface area contributed by atoms with Crippen molar-refractivity contribution in [3.8, 4) is 0 Å². The van der Waals surface area contributed by atoms with E-state index in [4.69, 9.17) is 4.98 Å². The molecule has 0 saturated carbocycles. The van der Waals surface area contributed by atoms with E-state index in [1.54, 1.807) is 11.3 Å². The molecule has 5 nitrogen and oxygen atoms in total. The molecule has 2 aromatic carbocycles. The molecule has 0 bridgehead atoms. The number of para-hydroxylation sites is 1. The highest BCUT2D eigenvalue weighted by atomic mass is 32.1. The van der Waals surface area contributed by atoms with Crippen molar-refractivity contribution in [1.82, 2.24) is 14.9 Å². The molecule has 0 aliphatic heterocycles. The van der Waals surface area contributed by atoms with Crippen molar-refractivity contribution in [2.24, 2.45) is 0 Å². The molecule has 156 valence electrons. The lowest BCUT2D eigenvalue weighted by Gasteiger charge is -2.24. The molecular weight excluding hydrogens is 412 g/mol. The standard InChI is InChI=1S/C23H26N4OS2/c1-5-26(6-2)13-14-27(22(28)21-24-17-9-7-8-10-18(17)29-21)23-25-20-16(4)15(3)11-12-19(20)30-23/h7-12H,5-6,13-14H2,1-4H3. The number of amides is 1. The fraction of sp³-hybridized carbons (Fsp3) is 0.348. The van der Waals surface area contributed by atoms with Crippen LogP contribution >= 0.6 is 22.7 Å². The van der Waals surface area contributed by atoms with Gasteiger partial charge in [0.05, 0.1) is 20.4 Å². The van der Waals surface area contributed by atoms with Gasteiger partial charge in [-0.3, -0.25) is 9.69 Å². The van der Waals surface area contributed by atoms with Crippen LogP contribution in [0.25, 0.3) is 20.4 Å². The monoisotopic (exact) mass is 438 g/mol. The quantitative estimate of drug-likeness (QED) is 0.382. The lowest BCUT2D eigenvalue weighted by atomic mass is 10.1. The molecule has 0 N–H and O–H groups in total. The number of anilines is 1. The zero-order chi connectivity index (χ0) is 21.3.